The van der Waals surface area contributed by atoms with E-state index < -0.39 is 0 Å². The lowest BCUT2D eigenvalue weighted by atomic mass is 10.1. The molecule has 0 saturated carbocycles. The lowest BCUT2D eigenvalue weighted by Gasteiger charge is -2.15. The molecule has 2 aromatic heterocycles. The zero-order valence-corrected chi connectivity index (χ0v) is 15.8. The summed E-state index contributed by atoms with van der Waals surface area (Å²) in [6.07, 6.45) is 3.87. The molecule has 0 fully saturated rings. The number of benzene rings is 2. The molecule has 6 heteroatoms. The average Bonchev–Trinajstić information content (AvgIpc) is 3.21. The van der Waals surface area contributed by atoms with Gasteiger partial charge in [0.05, 0.1) is 38.2 Å². The number of hydrogen-bond donors (Lipinski definition) is 0. The first-order valence-electron chi connectivity index (χ1n) is 8.68. The summed E-state index contributed by atoms with van der Waals surface area (Å²) in [7, 11) is 4.73. The van der Waals surface area contributed by atoms with Crippen molar-refractivity contribution in [1.82, 2.24) is 9.38 Å². The van der Waals surface area contributed by atoms with E-state index in [0.717, 1.165) is 28.0 Å². The SMILES string of the molecule is COc1cc(-c2nc(-c3ccc(F)cc3)cn3cccc23)cc(OC)c1OC. The molecule has 0 N–H and O–H groups in total. The average molecular weight is 378 g/mol. The Morgan fingerprint density at radius 3 is 2.14 bits per heavy atom. The molecule has 0 aliphatic heterocycles. The Labute approximate surface area is 161 Å². The van der Waals surface area contributed by atoms with Gasteiger partial charge in [-0.2, -0.15) is 0 Å². The second-order valence-electron chi connectivity index (χ2n) is 6.20. The molecule has 0 atom stereocenters. The first kappa shape index (κ1) is 17.9. The van der Waals surface area contributed by atoms with E-state index in [9.17, 15) is 4.39 Å². The second-order valence-corrected chi connectivity index (χ2v) is 6.20. The van der Waals surface area contributed by atoms with E-state index in [1.165, 1.54) is 12.1 Å². The summed E-state index contributed by atoms with van der Waals surface area (Å²) in [4.78, 5) is 4.85. The molecule has 4 rings (SSSR count). The fraction of sp³-hybridized carbons (Fsp3) is 0.136. The van der Waals surface area contributed by atoms with Crippen molar-refractivity contribution >= 4 is 5.52 Å². The third-order valence-corrected chi connectivity index (χ3v) is 4.59. The molecule has 0 aliphatic rings. The van der Waals surface area contributed by atoms with Gasteiger partial charge in [0.25, 0.3) is 0 Å². The van der Waals surface area contributed by atoms with Crippen LogP contribution in [0.1, 0.15) is 0 Å². The Morgan fingerprint density at radius 2 is 1.54 bits per heavy atom. The van der Waals surface area contributed by atoms with Gasteiger partial charge >= 0.3 is 0 Å². The normalized spacial score (nSPS) is 10.9. The molecular weight excluding hydrogens is 359 g/mol. The van der Waals surface area contributed by atoms with Crippen LogP contribution in [-0.4, -0.2) is 30.7 Å². The minimum atomic E-state index is -0.282. The molecule has 0 radical (unpaired) electrons. The molecule has 0 bridgehead atoms. The summed E-state index contributed by atoms with van der Waals surface area (Å²) >= 11 is 0. The Hall–Kier alpha value is -3.54. The summed E-state index contributed by atoms with van der Waals surface area (Å²) in [5.41, 5.74) is 4.06. The van der Waals surface area contributed by atoms with Gasteiger partial charge in [-0.3, -0.25) is 0 Å². The molecular formula is C22H19FN2O3. The van der Waals surface area contributed by atoms with E-state index in [2.05, 4.69) is 0 Å². The van der Waals surface area contributed by atoms with E-state index in [0.29, 0.717) is 17.2 Å². The van der Waals surface area contributed by atoms with Gasteiger partial charge < -0.3 is 18.6 Å². The summed E-state index contributed by atoms with van der Waals surface area (Å²) in [6, 6.07) is 14.0. The highest BCUT2D eigenvalue weighted by molar-refractivity contribution is 5.82. The van der Waals surface area contributed by atoms with E-state index in [1.807, 2.05) is 41.1 Å². The number of methoxy groups -OCH3 is 3. The van der Waals surface area contributed by atoms with Crippen LogP contribution >= 0.6 is 0 Å². The Balaban J connectivity index is 1.96. The summed E-state index contributed by atoms with van der Waals surface area (Å²) in [5, 5.41) is 0. The summed E-state index contributed by atoms with van der Waals surface area (Å²) in [6.45, 7) is 0. The van der Waals surface area contributed by atoms with Crippen LogP contribution < -0.4 is 14.2 Å². The van der Waals surface area contributed by atoms with E-state index in [-0.39, 0.29) is 5.82 Å². The van der Waals surface area contributed by atoms with Gasteiger partial charge in [0, 0.05) is 23.5 Å². The Morgan fingerprint density at radius 1 is 0.857 bits per heavy atom. The van der Waals surface area contributed by atoms with Crippen LogP contribution in [0.15, 0.2) is 60.9 Å². The molecule has 4 aromatic rings. The van der Waals surface area contributed by atoms with Crippen molar-refractivity contribution in [2.24, 2.45) is 0 Å². The third-order valence-electron chi connectivity index (χ3n) is 4.59. The van der Waals surface area contributed by atoms with Gasteiger partial charge in [0.2, 0.25) is 5.75 Å². The molecule has 28 heavy (non-hydrogen) atoms. The Bertz CT molecular complexity index is 1110. The van der Waals surface area contributed by atoms with Crippen molar-refractivity contribution in [2.75, 3.05) is 21.3 Å². The van der Waals surface area contributed by atoms with Gasteiger partial charge in [-0.1, -0.05) is 0 Å². The van der Waals surface area contributed by atoms with Crippen molar-refractivity contribution in [3.05, 3.63) is 66.7 Å². The zero-order valence-electron chi connectivity index (χ0n) is 15.8. The largest absolute Gasteiger partial charge is 0.493 e. The van der Waals surface area contributed by atoms with E-state index >= 15 is 0 Å². The van der Waals surface area contributed by atoms with Crippen LogP contribution in [0.5, 0.6) is 17.2 Å². The van der Waals surface area contributed by atoms with Crippen molar-refractivity contribution < 1.29 is 18.6 Å². The number of hydrogen-bond acceptors (Lipinski definition) is 4. The Kier molecular flexibility index (Phi) is 4.61. The van der Waals surface area contributed by atoms with Gasteiger partial charge in [0.15, 0.2) is 11.5 Å². The fourth-order valence-electron chi connectivity index (χ4n) is 3.24. The lowest BCUT2D eigenvalue weighted by Crippen LogP contribution is -1.98. The maximum atomic E-state index is 13.3. The highest BCUT2D eigenvalue weighted by Crippen LogP contribution is 2.42. The first-order chi connectivity index (χ1) is 13.6. The number of ether oxygens (including phenoxy) is 3. The van der Waals surface area contributed by atoms with Crippen LogP contribution in [0.25, 0.3) is 28.0 Å². The highest BCUT2D eigenvalue weighted by atomic mass is 19.1. The van der Waals surface area contributed by atoms with Gasteiger partial charge in [-0.25, -0.2) is 9.37 Å². The quantitative estimate of drug-likeness (QED) is 0.499. The molecule has 0 aliphatic carbocycles. The second kappa shape index (κ2) is 7.23. The number of fused-ring (bicyclic) bond motifs is 1. The van der Waals surface area contributed by atoms with E-state index in [1.54, 1.807) is 33.5 Å². The molecule has 0 amide bonds. The maximum Gasteiger partial charge on any atom is 0.203 e. The molecule has 0 spiro atoms. The van der Waals surface area contributed by atoms with Gasteiger partial charge in [0.1, 0.15) is 5.82 Å². The van der Waals surface area contributed by atoms with Crippen molar-refractivity contribution in [2.45, 2.75) is 0 Å². The predicted octanol–water partition coefficient (Wildman–Crippen LogP) is 4.83. The monoisotopic (exact) mass is 378 g/mol. The molecule has 142 valence electrons. The van der Waals surface area contributed by atoms with Crippen molar-refractivity contribution in [3.63, 3.8) is 0 Å². The van der Waals surface area contributed by atoms with E-state index in [4.69, 9.17) is 19.2 Å². The molecule has 2 heterocycles. The standard InChI is InChI=1S/C22H19FN2O3/c1-26-19-11-15(12-20(27-2)22(19)28-3)21-18-5-4-10-25(18)13-17(24-21)14-6-8-16(23)9-7-14/h4-13H,1-3H3. The topological polar surface area (TPSA) is 45.0 Å². The molecule has 0 unspecified atom stereocenters. The first-order valence-corrected chi connectivity index (χ1v) is 8.68. The van der Waals surface area contributed by atoms with Crippen molar-refractivity contribution in [1.29, 1.82) is 0 Å². The maximum absolute atomic E-state index is 13.3. The van der Waals surface area contributed by atoms with Crippen molar-refractivity contribution in [3.8, 4) is 39.8 Å². The van der Waals surface area contributed by atoms with Gasteiger partial charge in [-0.05, 0) is 48.5 Å². The smallest absolute Gasteiger partial charge is 0.203 e. The predicted molar refractivity (Wildman–Crippen MR) is 106 cm³/mol. The molecule has 0 saturated heterocycles. The molecule has 5 nitrogen and oxygen atoms in total. The van der Waals surface area contributed by atoms with Crippen LogP contribution in [0.3, 0.4) is 0 Å². The number of rotatable bonds is 5. The van der Waals surface area contributed by atoms with Gasteiger partial charge in [-0.15, -0.1) is 0 Å². The zero-order chi connectivity index (χ0) is 19.7. The minimum absolute atomic E-state index is 0.282. The number of halogens is 1. The fourth-order valence-corrected chi connectivity index (χ4v) is 3.24. The minimum Gasteiger partial charge on any atom is -0.493 e. The number of aromatic nitrogens is 2. The third kappa shape index (κ3) is 3.03. The lowest BCUT2D eigenvalue weighted by molar-refractivity contribution is 0.324. The van der Waals surface area contributed by atoms with Crippen LogP contribution in [0.2, 0.25) is 0 Å². The van der Waals surface area contributed by atoms with Crippen LogP contribution in [-0.2, 0) is 0 Å². The summed E-state index contributed by atoms with van der Waals surface area (Å²) in [5.74, 6) is 1.34. The van der Waals surface area contributed by atoms with Crippen LogP contribution in [0.4, 0.5) is 4.39 Å². The van der Waals surface area contributed by atoms with Crippen LogP contribution in [0, 0.1) is 5.82 Å². The molecule has 2 aromatic carbocycles. The highest BCUT2D eigenvalue weighted by Gasteiger charge is 2.17. The number of nitrogens with zero attached hydrogens (tertiary/aromatic N) is 2. The summed E-state index contributed by atoms with van der Waals surface area (Å²) < 4.78 is 31.7.